The van der Waals surface area contributed by atoms with E-state index in [9.17, 15) is 39.5 Å². The van der Waals surface area contributed by atoms with E-state index in [4.69, 9.17) is 4.74 Å². The lowest BCUT2D eigenvalue weighted by Crippen LogP contribution is -2.63. The Morgan fingerprint density at radius 2 is 1.84 bits per heavy atom. The Morgan fingerprint density at radius 3 is 2.40 bits per heavy atom. The molecule has 0 aromatic heterocycles. The van der Waals surface area contributed by atoms with E-state index in [1.54, 1.807) is 4.90 Å². The number of aliphatic carboxylic acids is 1. The smallest absolute Gasteiger partial charge is 0.410 e. The number of likely N-dealkylation sites (tertiary alicyclic amines) is 2. The van der Waals surface area contributed by atoms with Gasteiger partial charge >= 0.3 is 12.1 Å². The van der Waals surface area contributed by atoms with Gasteiger partial charge in [0.2, 0.25) is 11.8 Å². The fourth-order valence-electron chi connectivity index (χ4n) is 6.29. The molecule has 232 valence electrons. The van der Waals surface area contributed by atoms with Crippen molar-refractivity contribution in [1.82, 2.24) is 19.6 Å². The number of fused-ring (bicyclic) bond motifs is 1. The van der Waals surface area contributed by atoms with E-state index in [2.05, 4.69) is 0 Å². The van der Waals surface area contributed by atoms with Crippen LogP contribution in [-0.2, 0) is 25.7 Å². The van der Waals surface area contributed by atoms with Crippen LogP contribution in [0.15, 0.2) is 34.9 Å². The molecule has 0 radical (unpaired) electrons. The van der Waals surface area contributed by atoms with Crippen molar-refractivity contribution in [1.29, 1.82) is 0 Å². The van der Waals surface area contributed by atoms with Gasteiger partial charge in [-0.25, -0.2) is 9.59 Å². The number of thioether (sulfide) groups is 1. The number of carboxylic acid groups (broad SMARTS) is 1. The molecule has 0 spiro atoms. The molecule has 0 bridgehead atoms. The first kappa shape index (κ1) is 30.8. The molecule has 0 unspecified atom stereocenters. The van der Waals surface area contributed by atoms with Crippen LogP contribution in [0, 0.1) is 22.0 Å². The molecule has 4 aliphatic heterocycles. The van der Waals surface area contributed by atoms with E-state index < -0.39 is 47.0 Å². The number of hydrogen-bond acceptors (Lipinski definition) is 10. The third-order valence-corrected chi connectivity index (χ3v) is 10.3. The predicted molar refractivity (Wildman–Crippen MR) is 153 cm³/mol. The normalized spacial score (nSPS) is 27.6. The van der Waals surface area contributed by atoms with Crippen molar-refractivity contribution >= 4 is 41.3 Å². The quantitative estimate of drug-likeness (QED) is 0.232. The first-order valence-corrected chi connectivity index (χ1v) is 14.9. The second-order valence-corrected chi connectivity index (χ2v) is 13.1. The third-order valence-electron chi connectivity index (χ3n) is 8.80. The number of nitro groups is 1. The van der Waals surface area contributed by atoms with Gasteiger partial charge in [-0.15, -0.1) is 11.8 Å². The molecule has 0 aliphatic carbocycles. The highest BCUT2D eigenvalue weighted by Crippen LogP contribution is 2.52. The minimum absolute atomic E-state index is 0.0897. The zero-order valence-electron chi connectivity index (χ0n) is 24.3. The Bertz CT molecular complexity index is 1360. The average Bonchev–Trinajstić information content (AvgIpc) is 3.44. The van der Waals surface area contributed by atoms with E-state index in [0.29, 0.717) is 23.6 Å². The van der Waals surface area contributed by atoms with E-state index in [1.807, 2.05) is 25.9 Å². The van der Waals surface area contributed by atoms with Gasteiger partial charge in [0.05, 0.1) is 23.0 Å². The minimum atomic E-state index is -1.24. The summed E-state index contributed by atoms with van der Waals surface area (Å²) in [5.74, 6) is -2.92. The number of nitro benzene ring substituents is 1. The molecule has 5 rings (SSSR count). The van der Waals surface area contributed by atoms with Crippen molar-refractivity contribution in [2.24, 2.45) is 11.8 Å². The molecule has 2 N–H and O–H groups in total. The second kappa shape index (κ2) is 11.8. The number of β-lactam (4-membered cyclic amide) rings is 1. The lowest BCUT2D eigenvalue weighted by Gasteiger charge is -2.46. The number of aliphatic hydroxyl groups excluding tert-OH is 1. The van der Waals surface area contributed by atoms with E-state index in [1.165, 1.54) is 52.8 Å². The van der Waals surface area contributed by atoms with Gasteiger partial charge in [0, 0.05) is 53.9 Å². The molecule has 3 fully saturated rings. The zero-order chi connectivity index (χ0) is 31.3. The number of amides is 3. The molecule has 3 amide bonds. The molecule has 43 heavy (non-hydrogen) atoms. The monoisotopic (exact) mass is 617 g/mol. The molecule has 6 atom stereocenters. The number of benzene rings is 1. The minimum Gasteiger partial charge on any atom is -0.477 e. The lowest BCUT2D eigenvalue weighted by atomic mass is 9.79. The van der Waals surface area contributed by atoms with Crippen LogP contribution in [0.25, 0.3) is 0 Å². The summed E-state index contributed by atoms with van der Waals surface area (Å²) in [6, 6.07) is 4.54. The maximum Gasteiger partial charge on any atom is 0.410 e. The maximum atomic E-state index is 13.6. The van der Waals surface area contributed by atoms with Gasteiger partial charge in [0.15, 0.2) is 0 Å². The molecule has 15 heteroatoms. The van der Waals surface area contributed by atoms with E-state index in [-0.39, 0.29) is 54.1 Å². The highest BCUT2D eigenvalue weighted by atomic mass is 32.2. The molecule has 0 saturated carbocycles. The third kappa shape index (κ3) is 5.56. The molecular weight excluding hydrogens is 582 g/mol. The first-order chi connectivity index (χ1) is 20.3. The van der Waals surface area contributed by atoms with Gasteiger partial charge in [-0.2, -0.15) is 0 Å². The van der Waals surface area contributed by atoms with Crippen molar-refractivity contribution in [2.75, 3.05) is 33.7 Å². The van der Waals surface area contributed by atoms with Crippen LogP contribution in [-0.4, -0.2) is 122 Å². The van der Waals surface area contributed by atoms with Crippen LogP contribution in [0.3, 0.4) is 0 Å². The van der Waals surface area contributed by atoms with Gasteiger partial charge in [0.1, 0.15) is 18.3 Å². The molecule has 1 aromatic rings. The van der Waals surface area contributed by atoms with Crippen LogP contribution in [0.4, 0.5) is 10.5 Å². The van der Waals surface area contributed by atoms with Crippen LogP contribution in [0.1, 0.15) is 25.8 Å². The summed E-state index contributed by atoms with van der Waals surface area (Å²) in [7, 11) is 3.87. The van der Waals surface area contributed by atoms with Crippen LogP contribution in [0.2, 0.25) is 0 Å². The number of rotatable bonds is 9. The fraction of sp³-hybridized carbons (Fsp3) is 0.571. The van der Waals surface area contributed by atoms with Crippen molar-refractivity contribution in [2.45, 2.75) is 56.4 Å². The SMILES string of the molecule is C[C@@H](O)[C@H]1C(=O)N2C(C(=O)O)=C(S[C@H]3C[C@@H](C(=O)N4CC(N(C)C)C4)N(C(=O)OCc4ccc([N+](=O)[O-])cc4)C3)[C@H](C)[C@H]12. The first-order valence-electron chi connectivity index (χ1n) is 14.1. The molecular formula is C28H35N5O9S. The van der Waals surface area contributed by atoms with Crippen LogP contribution in [0.5, 0.6) is 0 Å². The number of aliphatic hydroxyl groups is 1. The average molecular weight is 618 g/mol. The number of carbonyl (C=O) groups is 4. The molecule has 14 nitrogen and oxygen atoms in total. The van der Waals surface area contributed by atoms with Gasteiger partial charge in [-0.3, -0.25) is 24.6 Å². The predicted octanol–water partition coefficient (Wildman–Crippen LogP) is 1.33. The number of non-ortho nitro benzene ring substituents is 1. The Kier molecular flexibility index (Phi) is 8.42. The number of carboxylic acids is 1. The molecule has 4 heterocycles. The van der Waals surface area contributed by atoms with Crippen molar-refractivity contribution in [3.05, 3.63) is 50.5 Å². The second-order valence-electron chi connectivity index (χ2n) is 11.8. The highest BCUT2D eigenvalue weighted by Gasteiger charge is 2.60. The summed E-state index contributed by atoms with van der Waals surface area (Å²) in [6.45, 7) is 4.36. The summed E-state index contributed by atoms with van der Waals surface area (Å²) >= 11 is 1.26. The Morgan fingerprint density at radius 1 is 1.19 bits per heavy atom. The summed E-state index contributed by atoms with van der Waals surface area (Å²) in [5.41, 5.74) is 0.345. The van der Waals surface area contributed by atoms with Crippen LogP contribution < -0.4 is 0 Å². The Labute approximate surface area is 252 Å². The summed E-state index contributed by atoms with van der Waals surface area (Å²) in [5, 5.41) is 30.7. The summed E-state index contributed by atoms with van der Waals surface area (Å²) in [6.07, 6.45) is -1.38. The van der Waals surface area contributed by atoms with Crippen molar-refractivity contribution in [3.63, 3.8) is 0 Å². The molecule has 1 aromatic carbocycles. The topological polar surface area (TPSA) is 174 Å². The lowest BCUT2D eigenvalue weighted by molar-refractivity contribution is -0.384. The number of hydrogen-bond donors (Lipinski definition) is 2. The zero-order valence-corrected chi connectivity index (χ0v) is 25.1. The molecule has 3 saturated heterocycles. The van der Waals surface area contributed by atoms with Crippen molar-refractivity contribution < 1.29 is 39.1 Å². The number of carbonyl (C=O) groups excluding carboxylic acids is 3. The van der Waals surface area contributed by atoms with E-state index >= 15 is 0 Å². The number of likely N-dealkylation sites (N-methyl/N-ethyl adjacent to an activating group) is 1. The standard InChI is InChI=1S/C28H35N5O9S/c1-14-22-21(15(2)34)26(36)32(22)23(27(37)38)24(14)43-19-9-20(25(35)30-10-18(11-30)29(3)4)31(12-19)28(39)42-13-16-5-7-17(8-6-16)33(40)41/h5-8,14-15,18-22,34H,9-13H2,1-4H3,(H,37,38)/t14-,15-,19+,20+,21-,22-/m1/s1. The van der Waals surface area contributed by atoms with Crippen LogP contribution >= 0.6 is 11.8 Å². The largest absolute Gasteiger partial charge is 0.477 e. The number of ether oxygens (including phenoxy) is 1. The Hall–Kier alpha value is -3.69. The van der Waals surface area contributed by atoms with Gasteiger partial charge in [0.25, 0.3) is 5.69 Å². The van der Waals surface area contributed by atoms with Crippen molar-refractivity contribution in [3.8, 4) is 0 Å². The Balaban J connectivity index is 1.33. The molecule has 4 aliphatic rings. The van der Waals surface area contributed by atoms with E-state index in [0.717, 1.165) is 0 Å². The van der Waals surface area contributed by atoms with Gasteiger partial charge < -0.3 is 29.6 Å². The number of nitrogens with zero attached hydrogens (tertiary/aromatic N) is 5. The van der Waals surface area contributed by atoms with Gasteiger partial charge in [-0.1, -0.05) is 6.92 Å². The maximum absolute atomic E-state index is 13.6. The van der Waals surface area contributed by atoms with Gasteiger partial charge in [-0.05, 0) is 45.1 Å². The summed E-state index contributed by atoms with van der Waals surface area (Å²) in [4.78, 5) is 69.2. The highest BCUT2D eigenvalue weighted by molar-refractivity contribution is 8.03. The fourth-order valence-corrected chi connectivity index (χ4v) is 7.82. The summed E-state index contributed by atoms with van der Waals surface area (Å²) < 4.78 is 5.52.